The summed E-state index contributed by atoms with van der Waals surface area (Å²) in [6, 6.07) is -0.318. The van der Waals surface area contributed by atoms with E-state index in [1.807, 2.05) is 13.1 Å². The van der Waals surface area contributed by atoms with Gasteiger partial charge in [-0.25, -0.2) is 0 Å². The summed E-state index contributed by atoms with van der Waals surface area (Å²) in [5, 5.41) is 6.37. The zero-order chi connectivity index (χ0) is 16.4. The van der Waals surface area contributed by atoms with Gasteiger partial charge in [-0.05, 0) is 49.4 Å². The monoisotopic (exact) mass is 316 g/mol. The van der Waals surface area contributed by atoms with E-state index < -0.39 is 0 Å². The van der Waals surface area contributed by atoms with Crippen LogP contribution in [0.4, 0.5) is 0 Å². The molecule has 6 nitrogen and oxygen atoms in total. The second kappa shape index (κ2) is 6.66. The molecule has 0 radical (unpaired) electrons. The Morgan fingerprint density at radius 1 is 1.48 bits per heavy atom. The van der Waals surface area contributed by atoms with Gasteiger partial charge in [0.2, 0.25) is 11.8 Å². The summed E-state index contributed by atoms with van der Waals surface area (Å²) in [6.45, 7) is 6.48. The van der Waals surface area contributed by atoms with E-state index in [1.54, 1.807) is 4.90 Å². The van der Waals surface area contributed by atoms with Crippen molar-refractivity contribution in [2.24, 2.45) is 0 Å². The number of fused-ring (bicyclic) bond motifs is 1. The fourth-order valence-corrected chi connectivity index (χ4v) is 3.59. The lowest BCUT2D eigenvalue weighted by atomic mass is 9.96. The number of hydrogen-bond donors (Lipinski definition) is 2. The average molecular weight is 316 g/mol. The fraction of sp³-hybridized carbons (Fsp3) is 0.588. The van der Waals surface area contributed by atoms with Crippen LogP contribution in [0.5, 0.6) is 0 Å². The van der Waals surface area contributed by atoms with Gasteiger partial charge in [-0.15, -0.1) is 0 Å². The molecule has 1 saturated heterocycles. The highest BCUT2D eigenvalue weighted by Gasteiger charge is 2.32. The number of rotatable bonds is 3. The minimum Gasteiger partial charge on any atom is -0.350 e. The Hall–Kier alpha value is -1.95. The van der Waals surface area contributed by atoms with Crippen LogP contribution in [-0.4, -0.2) is 40.8 Å². The van der Waals surface area contributed by atoms with Crippen LogP contribution in [0.2, 0.25) is 0 Å². The third kappa shape index (κ3) is 3.22. The maximum Gasteiger partial charge on any atom is 0.243 e. The highest BCUT2D eigenvalue weighted by atomic mass is 16.2. The Bertz CT molecular complexity index is 629. The summed E-state index contributed by atoms with van der Waals surface area (Å²) in [5.41, 5.74) is 4.63. The molecule has 1 fully saturated rings. The number of nitrogens with zero attached hydrogens (tertiary/aromatic N) is 2. The van der Waals surface area contributed by atoms with E-state index in [-0.39, 0.29) is 17.9 Å². The third-order valence-electron chi connectivity index (χ3n) is 4.87. The Morgan fingerprint density at radius 3 is 3.09 bits per heavy atom. The van der Waals surface area contributed by atoms with Crippen LogP contribution in [-0.2, 0) is 29.1 Å². The minimum atomic E-state index is -0.318. The number of hydrogen-bond acceptors (Lipinski definition) is 4. The van der Waals surface area contributed by atoms with Gasteiger partial charge in [0.15, 0.2) is 0 Å². The van der Waals surface area contributed by atoms with Crippen molar-refractivity contribution in [1.29, 1.82) is 0 Å². The van der Waals surface area contributed by atoms with Crippen molar-refractivity contribution in [1.82, 2.24) is 20.5 Å². The Labute approximate surface area is 136 Å². The second-order valence-corrected chi connectivity index (χ2v) is 6.34. The number of nitrogens with one attached hydrogen (secondary N) is 2. The zero-order valence-electron chi connectivity index (χ0n) is 13.8. The number of amides is 2. The van der Waals surface area contributed by atoms with Gasteiger partial charge in [0.05, 0.1) is 0 Å². The van der Waals surface area contributed by atoms with Crippen LogP contribution in [0.3, 0.4) is 0 Å². The Balaban J connectivity index is 1.71. The van der Waals surface area contributed by atoms with Gasteiger partial charge in [-0.1, -0.05) is 0 Å². The maximum atomic E-state index is 12.5. The molecule has 2 amide bonds. The first-order valence-electron chi connectivity index (χ1n) is 8.30. The van der Waals surface area contributed by atoms with E-state index in [0.29, 0.717) is 13.1 Å². The lowest BCUT2D eigenvalue weighted by Crippen LogP contribution is -2.45. The molecule has 2 aliphatic heterocycles. The van der Waals surface area contributed by atoms with E-state index in [4.69, 9.17) is 0 Å². The molecular formula is C17H24N4O2. The van der Waals surface area contributed by atoms with Gasteiger partial charge in [0.25, 0.3) is 0 Å². The van der Waals surface area contributed by atoms with Crippen LogP contribution in [0.1, 0.15) is 42.1 Å². The van der Waals surface area contributed by atoms with Crippen molar-refractivity contribution in [3.05, 3.63) is 28.6 Å². The summed E-state index contributed by atoms with van der Waals surface area (Å²) in [6.07, 6.45) is 4.54. The van der Waals surface area contributed by atoms with Gasteiger partial charge >= 0.3 is 0 Å². The molecule has 2 N–H and O–H groups in total. The predicted molar refractivity (Wildman–Crippen MR) is 86.6 cm³/mol. The molecule has 124 valence electrons. The van der Waals surface area contributed by atoms with Crippen molar-refractivity contribution in [2.75, 3.05) is 13.1 Å². The standard InChI is InChI=1S/C17H24N4O2/c1-11-15(14-5-6-18-8-13(14)9-19-11)10-20-17(23)16-4-3-7-21(16)12(2)22/h9,16,18H,3-8,10H2,1-2H3,(H,20,23)/t16-/m0/s1. The van der Waals surface area contributed by atoms with Crippen molar-refractivity contribution >= 4 is 11.8 Å². The summed E-state index contributed by atoms with van der Waals surface area (Å²) in [4.78, 5) is 30.2. The van der Waals surface area contributed by atoms with Crippen molar-refractivity contribution in [2.45, 2.75) is 52.2 Å². The molecule has 2 aliphatic rings. The van der Waals surface area contributed by atoms with E-state index >= 15 is 0 Å². The molecule has 23 heavy (non-hydrogen) atoms. The van der Waals surface area contributed by atoms with Gasteiger partial charge in [0.1, 0.15) is 6.04 Å². The molecule has 3 rings (SSSR count). The summed E-state index contributed by atoms with van der Waals surface area (Å²) >= 11 is 0. The first kappa shape index (κ1) is 15.9. The SMILES string of the molecule is CC(=O)N1CCC[C@H]1C(=O)NCc1c(C)ncc2c1CCNC2. The molecule has 1 atom stereocenters. The highest BCUT2D eigenvalue weighted by Crippen LogP contribution is 2.21. The Kier molecular flexibility index (Phi) is 4.61. The number of carbonyl (C=O) groups excluding carboxylic acids is 2. The zero-order valence-corrected chi connectivity index (χ0v) is 13.8. The topological polar surface area (TPSA) is 74.3 Å². The highest BCUT2D eigenvalue weighted by molar-refractivity contribution is 5.87. The molecule has 0 unspecified atom stereocenters. The van der Waals surface area contributed by atoms with Crippen LogP contribution in [0, 0.1) is 6.92 Å². The number of carbonyl (C=O) groups is 2. The van der Waals surface area contributed by atoms with Gasteiger partial charge in [0, 0.05) is 38.4 Å². The van der Waals surface area contributed by atoms with E-state index in [2.05, 4.69) is 15.6 Å². The molecule has 0 spiro atoms. The van der Waals surface area contributed by atoms with E-state index in [9.17, 15) is 9.59 Å². The van der Waals surface area contributed by atoms with Gasteiger partial charge in [-0.2, -0.15) is 0 Å². The molecule has 0 saturated carbocycles. The number of likely N-dealkylation sites (tertiary alicyclic amines) is 1. The van der Waals surface area contributed by atoms with Crippen LogP contribution in [0.25, 0.3) is 0 Å². The maximum absolute atomic E-state index is 12.5. The molecule has 0 aliphatic carbocycles. The summed E-state index contributed by atoms with van der Waals surface area (Å²) in [5.74, 6) is -0.0766. The fourth-order valence-electron chi connectivity index (χ4n) is 3.59. The third-order valence-corrected chi connectivity index (χ3v) is 4.87. The predicted octanol–water partition coefficient (Wildman–Crippen LogP) is 0.663. The summed E-state index contributed by atoms with van der Waals surface area (Å²) < 4.78 is 0. The first-order chi connectivity index (χ1) is 11.1. The molecule has 0 bridgehead atoms. The second-order valence-electron chi connectivity index (χ2n) is 6.34. The van der Waals surface area contributed by atoms with Crippen LogP contribution in [0.15, 0.2) is 6.20 Å². The molecule has 6 heteroatoms. The smallest absolute Gasteiger partial charge is 0.243 e. The van der Waals surface area contributed by atoms with E-state index in [1.165, 1.54) is 18.1 Å². The molecule has 3 heterocycles. The lowest BCUT2D eigenvalue weighted by Gasteiger charge is -2.24. The van der Waals surface area contributed by atoms with Gasteiger partial charge in [-0.3, -0.25) is 14.6 Å². The number of pyridine rings is 1. The lowest BCUT2D eigenvalue weighted by molar-refractivity contribution is -0.136. The van der Waals surface area contributed by atoms with Crippen LogP contribution >= 0.6 is 0 Å². The normalized spacial score (nSPS) is 20.3. The molecule has 0 aromatic carbocycles. The Morgan fingerprint density at radius 2 is 2.30 bits per heavy atom. The molecular weight excluding hydrogens is 292 g/mol. The van der Waals surface area contributed by atoms with Crippen molar-refractivity contribution < 1.29 is 9.59 Å². The first-order valence-corrected chi connectivity index (χ1v) is 8.30. The minimum absolute atomic E-state index is 0.0244. The van der Waals surface area contributed by atoms with E-state index in [0.717, 1.165) is 43.6 Å². The summed E-state index contributed by atoms with van der Waals surface area (Å²) in [7, 11) is 0. The molecule has 1 aromatic rings. The average Bonchev–Trinajstić information content (AvgIpc) is 3.03. The van der Waals surface area contributed by atoms with Crippen molar-refractivity contribution in [3.63, 3.8) is 0 Å². The van der Waals surface area contributed by atoms with Gasteiger partial charge < -0.3 is 15.5 Å². The largest absolute Gasteiger partial charge is 0.350 e. The molecule has 1 aromatic heterocycles. The number of aromatic nitrogens is 1. The quantitative estimate of drug-likeness (QED) is 0.859. The number of aryl methyl sites for hydroxylation is 1. The van der Waals surface area contributed by atoms with Crippen molar-refractivity contribution in [3.8, 4) is 0 Å². The van der Waals surface area contributed by atoms with Crippen LogP contribution < -0.4 is 10.6 Å².